The molecular formula is C64H48N2. The lowest BCUT2D eigenvalue weighted by Crippen LogP contribution is -2.55. The molecule has 0 saturated heterocycles. The van der Waals surface area contributed by atoms with Crippen LogP contribution in [0.1, 0.15) is 43.2 Å². The number of rotatable bonds is 6. The molecule has 1 spiro atoms. The summed E-state index contributed by atoms with van der Waals surface area (Å²) in [5.41, 5.74) is 18.7. The molecule has 5 aliphatic rings. The van der Waals surface area contributed by atoms with Crippen molar-refractivity contribution < 1.29 is 0 Å². The second-order valence-electron chi connectivity index (χ2n) is 19.7. The summed E-state index contributed by atoms with van der Waals surface area (Å²) in [6, 6.07) is 76.2. The van der Waals surface area contributed by atoms with E-state index in [4.69, 9.17) is 9.97 Å². The molecule has 9 aromatic carbocycles. The monoisotopic (exact) mass is 844 g/mol. The van der Waals surface area contributed by atoms with Gasteiger partial charge >= 0.3 is 0 Å². The number of hydrogen-bond acceptors (Lipinski definition) is 2. The number of fused-ring (bicyclic) bond motifs is 5. The van der Waals surface area contributed by atoms with Crippen molar-refractivity contribution in [3.63, 3.8) is 0 Å². The van der Waals surface area contributed by atoms with Crippen LogP contribution in [-0.4, -0.2) is 9.97 Å². The Morgan fingerprint density at radius 2 is 0.879 bits per heavy atom. The lowest BCUT2D eigenvalue weighted by molar-refractivity contribution is -0.0398. The van der Waals surface area contributed by atoms with Crippen LogP contribution in [0, 0.1) is 23.7 Å². The zero-order valence-corrected chi connectivity index (χ0v) is 36.9. The number of benzene rings is 9. The lowest BCUT2D eigenvalue weighted by Gasteiger charge is -2.61. The van der Waals surface area contributed by atoms with Crippen LogP contribution in [0.3, 0.4) is 0 Å². The Morgan fingerprint density at radius 3 is 1.61 bits per heavy atom. The minimum absolute atomic E-state index is 0.122. The summed E-state index contributed by atoms with van der Waals surface area (Å²) < 4.78 is 0. The minimum atomic E-state index is 0.122. The molecule has 15 rings (SSSR count). The van der Waals surface area contributed by atoms with Crippen LogP contribution in [-0.2, 0) is 5.41 Å². The molecule has 10 aromatic rings. The van der Waals surface area contributed by atoms with E-state index in [1.807, 2.05) is 6.07 Å². The summed E-state index contributed by atoms with van der Waals surface area (Å²) in [7, 11) is 0. The van der Waals surface area contributed by atoms with Gasteiger partial charge in [0, 0.05) is 22.1 Å². The molecule has 314 valence electrons. The predicted octanol–water partition coefficient (Wildman–Crippen LogP) is 16.5. The number of aromatic nitrogens is 2. The molecule has 0 unspecified atom stereocenters. The average Bonchev–Trinajstić information content (AvgIpc) is 3.66. The summed E-state index contributed by atoms with van der Waals surface area (Å²) in [5.74, 6) is 4.01. The maximum atomic E-state index is 5.24. The van der Waals surface area contributed by atoms with Crippen LogP contribution in [0.5, 0.6) is 0 Å². The summed E-state index contributed by atoms with van der Waals surface area (Å²) >= 11 is 0. The van der Waals surface area contributed by atoms with Crippen molar-refractivity contribution in [2.24, 2.45) is 23.7 Å². The molecule has 1 aromatic heterocycles. The summed E-state index contributed by atoms with van der Waals surface area (Å²) in [6.45, 7) is 0. The molecule has 0 aliphatic heterocycles. The summed E-state index contributed by atoms with van der Waals surface area (Å²) in [5, 5.41) is 5.14. The van der Waals surface area contributed by atoms with E-state index in [1.165, 1.54) is 92.6 Å². The molecule has 0 atom stereocenters. The molecule has 66 heavy (non-hydrogen) atoms. The van der Waals surface area contributed by atoms with Gasteiger partial charge < -0.3 is 0 Å². The van der Waals surface area contributed by atoms with Gasteiger partial charge in [0.25, 0.3) is 0 Å². The lowest BCUT2D eigenvalue weighted by atomic mass is 9.43. The topological polar surface area (TPSA) is 25.8 Å². The third kappa shape index (κ3) is 5.87. The summed E-state index contributed by atoms with van der Waals surface area (Å²) in [4.78, 5) is 10.4. The second-order valence-corrected chi connectivity index (χ2v) is 19.7. The van der Waals surface area contributed by atoms with E-state index in [9.17, 15) is 0 Å². The third-order valence-electron chi connectivity index (χ3n) is 16.2. The number of hydrogen-bond donors (Lipinski definition) is 0. The van der Waals surface area contributed by atoms with E-state index in [1.54, 1.807) is 11.1 Å². The first-order valence-corrected chi connectivity index (χ1v) is 24.1. The second kappa shape index (κ2) is 14.8. The Morgan fingerprint density at radius 1 is 0.333 bits per heavy atom. The van der Waals surface area contributed by atoms with Gasteiger partial charge in [0.05, 0.1) is 11.4 Å². The molecule has 1 heterocycles. The fourth-order valence-electron chi connectivity index (χ4n) is 13.6. The van der Waals surface area contributed by atoms with Crippen LogP contribution in [0.4, 0.5) is 0 Å². The SMILES string of the molecule is c1ccc(-c2cccc(-c3cc(-c4ccc5cccc(-c6ccc(-c7cccc8c7-c7cc9ccccc9cc7C87C8CC9CC(C8)CC7C9)cc6)c5c4)nc(-c4ccccc4)n3)c2)cc1. The van der Waals surface area contributed by atoms with Crippen molar-refractivity contribution in [1.29, 1.82) is 0 Å². The van der Waals surface area contributed by atoms with Crippen LogP contribution < -0.4 is 0 Å². The molecule has 0 N–H and O–H groups in total. The van der Waals surface area contributed by atoms with Gasteiger partial charge in [-0.3, -0.25) is 0 Å². The van der Waals surface area contributed by atoms with Gasteiger partial charge in [0.15, 0.2) is 5.82 Å². The van der Waals surface area contributed by atoms with Gasteiger partial charge in [-0.15, -0.1) is 0 Å². The Balaban J connectivity index is 0.867. The van der Waals surface area contributed by atoms with Gasteiger partial charge in [-0.25, -0.2) is 9.97 Å². The van der Waals surface area contributed by atoms with Crippen molar-refractivity contribution in [2.75, 3.05) is 0 Å². The van der Waals surface area contributed by atoms with Crippen molar-refractivity contribution >= 4 is 21.5 Å². The molecule has 4 saturated carbocycles. The van der Waals surface area contributed by atoms with Gasteiger partial charge in [0.1, 0.15) is 0 Å². The van der Waals surface area contributed by atoms with Gasteiger partial charge in [-0.1, -0.05) is 176 Å². The van der Waals surface area contributed by atoms with Crippen LogP contribution in [0.15, 0.2) is 206 Å². The maximum Gasteiger partial charge on any atom is 0.160 e. The van der Waals surface area contributed by atoms with Crippen molar-refractivity contribution in [2.45, 2.75) is 37.5 Å². The first kappa shape index (κ1) is 37.9. The maximum absolute atomic E-state index is 5.24. The molecule has 4 bridgehead atoms. The Hall–Kier alpha value is -7.42. The highest BCUT2D eigenvalue weighted by Crippen LogP contribution is 2.70. The molecule has 0 radical (unpaired) electrons. The van der Waals surface area contributed by atoms with Crippen molar-refractivity contribution in [3.05, 3.63) is 217 Å². The Labute approximate surface area is 386 Å². The standard InChI is InChI=1S/C64H48N2/c1-3-12-42(13-4-1)47-19-9-20-50(35-47)60-39-61(66-63(65-60)46-14-5-2-6-15-46)51-29-28-43-18-10-21-54(56(43)37-51)44-24-26-45(27-25-44)55-22-11-23-58-62(55)57-36-48-16-7-8-17-49(48)38-59(57)64(58)52-31-40-30-41(33-52)34-53(64)32-40/h1-29,35-41,52-53H,30-34H2. The molecule has 2 nitrogen and oxygen atoms in total. The zero-order chi connectivity index (χ0) is 43.3. The fourth-order valence-corrected chi connectivity index (χ4v) is 13.6. The molecule has 4 fully saturated rings. The van der Waals surface area contributed by atoms with E-state index >= 15 is 0 Å². The smallest absolute Gasteiger partial charge is 0.160 e. The van der Waals surface area contributed by atoms with Gasteiger partial charge in [-0.05, 0) is 163 Å². The molecule has 0 amide bonds. The van der Waals surface area contributed by atoms with Gasteiger partial charge in [0.2, 0.25) is 0 Å². The van der Waals surface area contributed by atoms with E-state index < -0.39 is 0 Å². The first-order valence-electron chi connectivity index (χ1n) is 24.1. The van der Waals surface area contributed by atoms with Crippen molar-refractivity contribution in [3.8, 4) is 78.4 Å². The van der Waals surface area contributed by atoms with E-state index in [-0.39, 0.29) is 5.41 Å². The van der Waals surface area contributed by atoms with E-state index in [2.05, 4.69) is 200 Å². The highest BCUT2D eigenvalue weighted by atomic mass is 14.9. The molecule has 5 aliphatic carbocycles. The zero-order valence-electron chi connectivity index (χ0n) is 36.9. The molecular weight excluding hydrogens is 797 g/mol. The minimum Gasteiger partial charge on any atom is -0.228 e. The highest BCUT2D eigenvalue weighted by molar-refractivity contribution is 6.01. The Kier molecular flexibility index (Phi) is 8.50. The van der Waals surface area contributed by atoms with Crippen molar-refractivity contribution in [1.82, 2.24) is 9.97 Å². The Bertz CT molecular complexity index is 3500. The number of nitrogens with zero attached hydrogens (tertiary/aromatic N) is 2. The van der Waals surface area contributed by atoms with Crippen LogP contribution in [0.25, 0.3) is 100.0 Å². The van der Waals surface area contributed by atoms with E-state index in [0.29, 0.717) is 0 Å². The molecule has 2 heteroatoms. The average molecular weight is 845 g/mol. The fraction of sp³-hybridized carbons (Fsp3) is 0.156. The normalized spacial score (nSPS) is 21.1. The van der Waals surface area contributed by atoms with Crippen LogP contribution in [0.2, 0.25) is 0 Å². The largest absolute Gasteiger partial charge is 0.228 e. The summed E-state index contributed by atoms with van der Waals surface area (Å²) in [6.07, 6.45) is 7.02. The van der Waals surface area contributed by atoms with Crippen LogP contribution >= 0.6 is 0 Å². The predicted molar refractivity (Wildman–Crippen MR) is 273 cm³/mol. The third-order valence-corrected chi connectivity index (χ3v) is 16.2. The van der Waals surface area contributed by atoms with Gasteiger partial charge in [-0.2, -0.15) is 0 Å². The highest BCUT2D eigenvalue weighted by Gasteiger charge is 2.61. The quantitative estimate of drug-likeness (QED) is 0.167. The van der Waals surface area contributed by atoms with E-state index in [0.717, 1.165) is 63.1 Å². The first-order chi connectivity index (χ1) is 32.6.